The van der Waals surface area contributed by atoms with E-state index in [2.05, 4.69) is 36.0 Å². The van der Waals surface area contributed by atoms with Gasteiger partial charge in [0.2, 0.25) is 5.78 Å². The van der Waals surface area contributed by atoms with Gasteiger partial charge in [-0.3, -0.25) is 15.1 Å². The predicted octanol–water partition coefficient (Wildman–Crippen LogP) is 5.34. The number of rotatable bonds is 7. The average Bonchev–Trinajstić information content (AvgIpc) is 2.74. The summed E-state index contributed by atoms with van der Waals surface area (Å²) in [7, 11) is 1.29. The van der Waals surface area contributed by atoms with E-state index in [0.29, 0.717) is 34.0 Å². The van der Waals surface area contributed by atoms with E-state index >= 15 is 0 Å². The summed E-state index contributed by atoms with van der Waals surface area (Å²) in [6, 6.07) is 8.50. The molecule has 2 rings (SSSR count). The van der Waals surface area contributed by atoms with Gasteiger partial charge in [0.15, 0.2) is 0 Å². The summed E-state index contributed by atoms with van der Waals surface area (Å²) in [6.07, 6.45) is 3.54. The first-order chi connectivity index (χ1) is 14.3. The Labute approximate surface area is 184 Å². The molecule has 1 amide bonds. The summed E-state index contributed by atoms with van der Waals surface area (Å²) in [4.78, 5) is 33.4. The Hall–Kier alpha value is -3.00. The first kappa shape index (κ1) is 23.3. The molecule has 0 aliphatic rings. The van der Waals surface area contributed by atoms with Crippen LogP contribution in [0.3, 0.4) is 0 Å². The third-order valence-corrected chi connectivity index (χ3v) is 5.01. The van der Waals surface area contributed by atoms with Crippen molar-refractivity contribution in [3.63, 3.8) is 0 Å². The minimum atomic E-state index is -0.585. The molecular weight excluding hydrogens is 448 g/mol. The number of halogens is 1. The lowest BCUT2D eigenvalue weighted by Gasteiger charge is -2.15. The van der Waals surface area contributed by atoms with Crippen molar-refractivity contribution >= 4 is 50.6 Å². The molecule has 1 atom stereocenters. The monoisotopic (exact) mass is 472 g/mol. The van der Waals surface area contributed by atoms with Crippen LogP contribution in [-0.2, 0) is 4.74 Å². The van der Waals surface area contributed by atoms with E-state index in [1.807, 2.05) is 20.8 Å². The van der Waals surface area contributed by atoms with Crippen LogP contribution < -0.4 is 11.1 Å². The Morgan fingerprint density at radius 2 is 2.07 bits per heavy atom. The van der Waals surface area contributed by atoms with E-state index in [1.165, 1.54) is 7.11 Å². The number of nitrogens with two attached hydrogens (primary N) is 1. The lowest BCUT2D eigenvalue weighted by atomic mass is 9.96. The van der Waals surface area contributed by atoms with E-state index < -0.39 is 6.09 Å². The molecule has 1 aromatic carbocycles. The van der Waals surface area contributed by atoms with Crippen molar-refractivity contribution in [3.05, 3.63) is 58.3 Å². The van der Waals surface area contributed by atoms with Crippen molar-refractivity contribution in [1.29, 1.82) is 0 Å². The summed E-state index contributed by atoms with van der Waals surface area (Å²) in [6.45, 7) is 5.78. The molecular formula is C22H25BrN4O3. The maximum absolute atomic E-state index is 13.1. The van der Waals surface area contributed by atoms with Crippen molar-refractivity contribution in [1.82, 2.24) is 4.98 Å². The number of anilines is 2. The van der Waals surface area contributed by atoms with Gasteiger partial charge in [-0.25, -0.2) is 9.79 Å². The Bertz CT molecular complexity index is 984. The quantitative estimate of drug-likeness (QED) is 0.321. The number of aliphatic imine (C=N–C) groups is 1. The molecule has 1 unspecified atom stereocenters. The zero-order valence-electron chi connectivity index (χ0n) is 17.4. The Morgan fingerprint density at radius 1 is 1.33 bits per heavy atom. The molecule has 0 radical (unpaired) electrons. The molecule has 158 valence electrons. The number of carbonyl (C=O) groups excluding carboxylic acids is 2. The number of pyridine rings is 1. The topological polar surface area (TPSA) is 107 Å². The standard InChI is InChI=1S/C22H25BrN4O3/c1-5-13(3)20(21(28)19-10-7-14(23)12-25-19)27-18(6-2)16-9-8-15(11-17(16)24)26-22(29)30-4/h6-13H,5,24H2,1-4H3,(H,26,29)/b18-6-,27-20?. The zero-order valence-corrected chi connectivity index (χ0v) is 19.0. The fourth-order valence-electron chi connectivity index (χ4n) is 2.67. The Balaban J connectivity index is 2.44. The average molecular weight is 473 g/mol. The molecule has 7 nitrogen and oxygen atoms in total. The van der Waals surface area contributed by atoms with Gasteiger partial charge in [-0.2, -0.15) is 0 Å². The van der Waals surface area contributed by atoms with Crippen LogP contribution in [0.25, 0.3) is 5.70 Å². The van der Waals surface area contributed by atoms with E-state index in [1.54, 1.807) is 42.6 Å². The fourth-order valence-corrected chi connectivity index (χ4v) is 2.91. The van der Waals surface area contributed by atoms with Crippen molar-refractivity contribution < 1.29 is 14.3 Å². The van der Waals surface area contributed by atoms with Crippen LogP contribution in [-0.4, -0.2) is 29.7 Å². The number of nitrogen functional groups attached to an aromatic ring is 1. The first-order valence-corrected chi connectivity index (χ1v) is 10.3. The van der Waals surface area contributed by atoms with Gasteiger partial charge in [0.1, 0.15) is 5.69 Å². The number of carbonyl (C=O) groups is 2. The third-order valence-electron chi connectivity index (χ3n) is 4.55. The van der Waals surface area contributed by atoms with Crippen LogP contribution in [0.4, 0.5) is 16.2 Å². The van der Waals surface area contributed by atoms with E-state index in [4.69, 9.17) is 5.73 Å². The van der Waals surface area contributed by atoms with Crippen molar-refractivity contribution in [2.75, 3.05) is 18.2 Å². The fraction of sp³-hybridized carbons (Fsp3) is 0.273. The number of ether oxygens (including phenoxy) is 1. The largest absolute Gasteiger partial charge is 0.453 e. The number of Topliss-reactive ketones (excluding diaryl/α,β-unsaturated/α-hetero) is 1. The molecule has 0 aliphatic carbocycles. The number of methoxy groups -OCH3 is 1. The second kappa shape index (κ2) is 10.7. The molecule has 0 fully saturated rings. The number of aromatic nitrogens is 1. The highest BCUT2D eigenvalue weighted by atomic mass is 79.9. The summed E-state index contributed by atoms with van der Waals surface area (Å²) in [5.41, 5.74) is 9.08. The molecule has 8 heteroatoms. The van der Waals surface area contributed by atoms with Crippen LogP contribution in [0.1, 0.15) is 43.2 Å². The maximum atomic E-state index is 13.1. The first-order valence-electron chi connectivity index (χ1n) is 9.46. The molecule has 0 aliphatic heterocycles. The van der Waals surface area contributed by atoms with Crippen molar-refractivity contribution in [3.8, 4) is 0 Å². The zero-order chi connectivity index (χ0) is 22.3. The lowest BCUT2D eigenvalue weighted by Crippen LogP contribution is -2.23. The summed E-state index contributed by atoms with van der Waals surface area (Å²) in [5.74, 6) is -0.293. The normalized spacial score (nSPS) is 13.0. The number of hydrogen-bond acceptors (Lipinski definition) is 6. The van der Waals surface area contributed by atoms with Crippen LogP contribution >= 0.6 is 15.9 Å². The number of hydrogen-bond donors (Lipinski definition) is 2. The number of nitrogens with zero attached hydrogens (tertiary/aromatic N) is 2. The predicted molar refractivity (Wildman–Crippen MR) is 124 cm³/mol. The number of allylic oxidation sites excluding steroid dienone is 1. The molecule has 2 aromatic rings. The summed E-state index contributed by atoms with van der Waals surface area (Å²) < 4.78 is 5.38. The number of amides is 1. The number of benzene rings is 1. The second-order valence-corrected chi connectivity index (χ2v) is 7.51. The highest BCUT2D eigenvalue weighted by Gasteiger charge is 2.22. The molecule has 0 saturated carbocycles. The van der Waals surface area contributed by atoms with Gasteiger partial charge < -0.3 is 10.5 Å². The minimum Gasteiger partial charge on any atom is -0.453 e. The maximum Gasteiger partial charge on any atom is 0.411 e. The molecule has 0 saturated heterocycles. The van der Waals surface area contributed by atoms with E-state index in [9.17, 15) is 9.59 Å². The Kier molecular flexibility index (Phi) is 8.29. The smallest absolute Gasteiger partial charge is 0.411 e. The molecule has 0 spiro atoms. The number of ketones is 1. The van der Waals surface area contributed by atoms with Gasteiger partial charge in [-0.05, 0) is 59.6 Å². The van der Waals surface area contributed by atoms with Crippen molar-refractivity contribution in [2.45, 2.75) is 27.2 Å². The van der Waals surface area contributed by atoms with Gasteiger partial charge in [0, 0.05) is 33.5 Å². The van der Waals surface area contributed by atoms with E-state index in [0.717, 1.165) is 10.9 Å². The van der Waals surface area contributed by atoms with Gasteiger partial charge in [0.25, 0.3) is 0 Å². The Morgan fingerprint density at radius 3 is 2.60 bits per heavy atom. The van der Waals surface area contributed by atoms with Gasteiger partial charge >= 0.3 is 6.09 Å². The molecule has 30 heavy (non-hydrogen) atoms. The molecule has 3 N–H and O–H groups in total. The third kappa shape index (κ3) is 5.76. The van der Waals surface area contributed by atoms with Gasteiger partial charge in [-0.1, -0.05) is 19.9 Å². The molecule has 0 bridgehead atoms. The molecule has 1 aromatic heterocycles. The van der Waals surface area contributed by atoms with E-state index in [-0.39, 0.29) is 11.7 Å². The van der Waals surface area contributed by atoms with Crippen LogP contribution in [0.15, 0.2) is 52.1 Å². The summed E-state index contributed by atoms with van der Waals surface area (Å²) in [5, 5.41) is 2.57. The highest BCUT2D eigenvalue weighted by Crippen LogP contribution is 2.27. The van der Waals surface area contributed by atoms with Gasteiger partial charge in [0.05, 0.1) is 18.5 Å². The minimum absolute atomic E-state index is 0.0700. The van der Waals surface area contributed by atoms with Crippen LogP contribution in [0.2, 0.25) is 0 Å². The van der Waals surface area contributed by atoms with Gasteiger partial charge in [-0.15, -0.1) is 0 Å². The molecule has 1 heterocycles. The lowest BCUT2D eigenvalue weighted by molar-refractivity contribution is 0.105. The van der Waals surface area contributed by atoms with Crippen molar-refractivity contribution in [2.24, 2.45) is 10.9 Å². The van der Waals surface area contributed by atoms with Crippen LogP contribution in [0.5, 0.6) is 0 Å². The highest BCUT2D eigenvalue weighted by molar-refractivity contribution is 9.10. The SMILES string of the molecule is C/C=C(\N=C(C(=O)c1ccc(Br)cn1)C(C)CC)c1ccc(NC(=O)OC)cc1N. The summed E-state index contributed by atoms with van der Waals surface area (Å²) >= 11 is 3.33. The second-order valence-electron chi connectivity index (χ2n) is 6.59. The number of nitrogens with one attached hydrogen (secondary N) is 1. The van der Waals surface area contributed by atoms with Crippen LogP contribution in [0, 0.1) is 5.92 Å².